The molecule has 13 heavy (non-hydrogen) atoms. The lowest BCUT2D eigenvalue weighted by molar-refractivity contribution is -0.138. The molecule has 6 nitrogen and oxygen atoms in total. The third kappa shape index (κ3) is 3.76. The van der Waals surface area contributed by atoms with Crippen LogP contribution in [0.15, 0.2) is 21.4 Å². The molecule has 0 radical (unpaired) electrons. The van der Waals surface area contributed by atoms with Crippen LogP contribution in [0.4, 0.5) is 0 Å². The number of carbonyl (C=O) groups is 1. The quantitative estimate of drug-likeness (QED) is 0.295. The van der Waals surface area contributed by atoms with Crippen LogP contribution in [-0.4, -0.2) is 18.0 Å². The Morgan fingerprint density at radius 1 is 1.31 bits per heavy atom. The standard InChI is InChI=1S/C7H8N4O2/c1-5(6(2)10-3-8)7(12)13-11-4-9/h8-9H,1-2H3. The van der Waals surface area contributed by atoms with Crippen LogP contribution in [0.25, 0.3) is 0 Å². The van der Waals surface area contributed by atoms with Gasteiger partial charge in [-0.05, 0) is 19.0 Å². The molecular weight excluding hydrogens is 172 g/mol. The number of allylic oxidation sites excluding steroid dienone is 1. The van der Waals surface area contributed by atoms with Crippen LogP contribution in [0.3, 0.4) is 0 Å². The highest BCUT2D eigenvalue weighted by Gasteiger charge is 2.08. The Morgan fingerprint density at radius 2 is 1.92 bits per heavy atom. The van der Waals surface area contributed by atoms with Crippen molar-refractivity contribution in [2.24, 2.45) is 10.1 Å². The van der Waals surface area contributed by atoms with Crippen molar-refractivity contribution in [3.63, 3.8) is 0 Å². The zero-order chi connectivity index (χ0) is 10.3. The summed E-state index contributed by atoms with van der Waals surface area (Å²) in [6.07, 6.45) is 0. The van der Waals surface area contributed by atoms with Crippen LogP contribution < -0.4 is 0 Å². The fourth-order valence-electron chi connectivity index (χ4n) is 0.448. The van der Waals surface area contributed by atoms with Crippen molar-refractivity contribution in [1.82, 2.24) is 0 Å². The molecule has 0 aromatic rings. The minimum atomic E-state index is -0.726. The van der Waals surface area contributed by atoms with E-state index < -0.39 is 5.97 Å². The number of rotatable bonds is 3. The summed E-state index contributed by atoms with van der Waals surface area (Å²) in [4.78, 5) is 18.6. The molecule has 0 aliphatic rings. The maximum atomic E-state index is 11.0. The van der Waals surface area contributed by atoms with Gasteiger partial charge in [0.05, 0.1) is 17.3 Å². The van der Waals surface area contributed by atoms with Crippen molar-refractivity contribution < 1.29 is 9.63 Å². The van der Waals surface area contributed by atoms with Crippen LogP contribution in [0, 0.1) is 10.8 Å². The fourth-order valence-corrected chi connectivity index (χ4v) is 0.448. The lowest BCUT2D eigenvalue weighted by Gasteiger charge is -1.96. The molecule has 0 aliphatic carbocycles. The third-order valence-electron chi connectivity index (χ3n) is 1.25. The van der Waals surface area contributed by atoms with Gasteiger partial charge >= 0.3 is 5.97 Å². The Balaban J connectivity index is 4.66. The molecule has 0 rings (SSSR count). The molecule has 0 atom stereocenters. The molecule has 0 unspecified atom stereocenters. The molecule has 0 saturated carbocycles. The minimum absolute atomic E-state index is 0.207. The van der Waals surface area contributed by atoms with Gasteiger partial charge in [-0.3, -0.25) is 0 Å². The zero-order valence-electron chi connectivity index (χ0n) is 7.21. The second-order valence-corrected chi connectivity index (χ2v) is 2.02. The molecule has 0 amide bonds. The Morgan fingerprint density at radius 3 is 2.38 bits per heavy atom. The Labute approximate surface area is 74.6 Å². The number of nitrogens with zero attached hydrogens (tertiary/aromatic N) is 2. The van der Waals surface area contributed by atoms with Gasteiger partial charge in [0, 0.05) is 0 Å². The van der Waals surface area contributed by atoms with Crippen LogP contribution in [0.5, 0.6) is 0 Å². The highest BCUT2D eigenvalue weighted by atomic mass is 16.7. The maximum absolute atomic E-state index is 11.0. The molecule has 0 spiro atoms. The Kier molecular flexibility index (Phi) is 4.72. The van der Waals surface area contributed by atoms with Crippen LogP contribution in [0.1, 0.15) is 13.8 Å². The lowest BCUT2D eigenvalue weighted by atomic mass is 10.2. The van der Waals surface area contributed by atoms with Gasteiger partial charge in [0.2, 0.25) is 0 Å². The maximum Gasteiger partial charge on any atom is 0.364 e. The smallest absolute Gasteiger partial charge is 0.303 e. The van der Waals surface area contributed by atoms with Gasteiger partial charge in [-0.15, -0.1) is 0 Å². The van der Waals surface area contributed by atoms with Crippen molar-refractivity contribution in [3.8, 4) is 0 Å². The van der Waals surface area contributed by atoms with Gasteiger partial charge in [-0.25, -0.2) is 15.6 Å². The topological polar surface area (TPSA) is 98.7 Å². The molecule has 0 aliphatic heterocycles. The van der Waals surface area contributed by atoms with Gasteiger partial charge in [-0.2, -0.15) is 4.99 Å². The monoisotopic (exact) mass is 180 g/mol. The van der Waals surface area contributed by atoms with Crippen molar-refractivity contribution in [1.29, 1.82) is 10.8 Å². The molecule has 0 heterocycles. The van der Waals surface area contributed by atoms with E-state index >= 15 is 0 Å². The van der Waals surface area contributed by atoms with E-state index in [2.05, 4.69) is 15.0 Å². The number of hydrogen-bond acceptors (Lipinski definition) is 6. The van der Waals surface area contributed by atoms with Crippen LogP contribution in [0.2, 0.25) is 0 Å². The minimum Gasteiger partial charge on any atom is -0.303 e. The Hall–Kier alpha value is -2.03. The first-order chi connectivity index (χ1) is 6.13. The number of aliphatic imine (C=N–C) groups is 1. The highest BCUT2D eigenvalue weighted by molar-refractivity contribution is 5.88. The van der Waals surface area contributed by atoms with E-state index in [9.17, 15) is 4.79 Å². The summed E-state index contributed by atoms with van der Waals surface area (Å²) in [7, 11) is 0. The lowest BCUT2D eigenvalue weighted by Crippen LogP contribution is -2.02. The molecule has 0 bridgehead atoms. The Bertz CT molecular complexity index is 332. The first-order valence-corrected chi connectivity index (χ1v) is 3.26. The third-order valence-corrected chi connectivity index (χ3v) is 1.25. The number of carbonyl (C=O) groups excluding carboxylic acids is 1. The van der Waals surface area contributed by atoms with Crippen molar-refractivity contribution in [2.45, 2.75) is 13.8 Å². The first-order valence-electron chi connectivity index (χ1n) is 3.26. The van der Waals surface area contributed by atoms with E-state index in [1.165, 1.54) is 13.8 Å². The fraction of sp³-hybridized carbons (Fsp3) is 0.286. The molecule has 68 valence electrons. The predicted molar refractivity (Wildman–Crippen MR) is 44.8 cm³/mol. The summed E-state index contributed by atoms with van der Waals surface area (Å²) in [5.74, 6) is -0.726. The van der Waals surface area contributed by atoms with E-state index in [0.29, 0.717) is 5.70 Å². The van der Waals surface area contributed by atoms with Crippen molar-refractivity contribution in [2.75, 3.05) is 0 Å². The molecule has 0 aromatic carbocycles. The molecule has 2 N–H and O–H groups in total. The van der Waals surface area contributed by atoms with Crippen molar-refractivity contribution in [3.05, 3.63) is 11.3 Å². The van der Waals surface area contributed by atoms with Gasteiger partial charge in [0.1, 0.15) is 6.01 Å². The molecule has 0 fully saturated rings. The SMILES string of the molecule is CC(N=C=N)=C(C)C(=O)ON=C=N. The summed E-state index contributed by atoms with van der Waals surface area (Å²) < 4.78 is 0. The number of nitrogens with one attached hydrogen (secondary N) is 2. The van der Waals surface area contributed by atoms with Gasteiger partial charge < -0.3 is 4.84 Å². The summed E-state index contributed by atoms with van der Waals surface area (Å²) in [5, 5.41) is 15.7. The largest absolute Gasteiger partial charge is 0.364 e. The van der Waals surface area contributed by atoms with E-state index in [1.54, 1.807) is 12.0 Å². The van der Waals surface area contributed by atoms with Gasteiger partial charge in [0.25, 0.3) is 0 Å². The number of hydrogen-bond donors (Lipinski definition) is 2. The van der Waals surface area contributed by atoms with Gasteiger partial charge in [-0.1, -0.05) is 0 Å². The second-order valence-electron chi connectivity index (χ2n) is 2.02. The second kappa shape index (κ2) is 5.60. The van der Waals surface area contributed by atoms with Gasteiger partial charge in [0.15, 0.2) is 0 Å². The van der Waals surface area contributed by atoms with Crippen LogP contribution >= 0.6 is 0 Å². The summed E-state index contributed by atoms with van der Waals surface area (Å²) in [6.45, 7) is 3.00. The van der Waals surface area contributed by atoms with E-state index in [4.69, 9.17) is 10.8 Å². The summed E-state index contributed by atoms with van der Waals surface area (Å²) in [6, 6.07) is 3.34. The zero-order valence-corrected chi connectivity index (χ0v) is 7.21. The van der Waals surface area contributed by atoms with Crippen LogP contribution in [-0.2, 0) is 9.63 Å². The van der Waals surface area contributed by atoms with Crippen molar-refractivity contribution >= 4 is 18.0 Å². The average Bonchev–Trinajstić information content (AvgIpc) is 2.13. The normalized spacial score (nSPS) is 10.3. The summed E-state index contributed by atoms with van der Waals surface area (Å²) >= 11 is 0. The molecule has 6 heteroatoms. The summed E-state index contributed by atoms with van der Waals surface area (Å²) in [5.41, 5.74) is 0.527. The molecule has 0 aromatic heterocycles. The molecular formula is C7H8N4O2. The first kappa shape index (κ1) is 11.0. The highest BCUT2D eigenvalue weighted by Crippen LogP contribution is 2.05. The predicted octanol–water partition coefficient (Wildman–Crippen LogP) is 1.24. The van der Waals surface area contributed by atoms with E-state index in [1.807, 2.05) is 0 Å². The van der Waals surface area contributed by atoms with E-state index in [-0.39, 0.29) is 5.57 Å². The average molecular weight is 180 g/mol. The molecule has 0 saturated heterocycles. The van der Waals surface area contributed by atoms with E-state index in [0.717, 1.165) is 0 Å².